The van der Waals surface area contributed by atoms with Gasteiger partial charge in [-0.2, -0.15) is 0 Å². The van der Waals surface area contributed by atoms with Crippen LogP contribution in [0.25, 0.3) is 11.1 Å². The van der Waals surface area contributed by atoms with E-state index in [1.807, 2.05) is 47.6 Å². The summed E-state index contributed by atoms with van der Waals surface area (Å²) in [5.74, 6) is 0.166. The van der Waals surface area contributed by atoms with Crippen molar-refractivity contribution >= 4 is 5.91 Å². The van der Waals surface area contributed by atoms with Crippen molar-refractivity contribution in [3.05, 3.63) is 53.9 Å². The summed E-state index contributed by atoms with van der Waals surface area (Å²) < 4.78 is 0. The van der Waals surface area contributed by atoms with Crippen LogP contribution in [0.2, 0.25) is 0 Å². The largest absolute Gasteiger partial charge is 0.336 e. The normalized spacial score (nSPS) is 20.9. The lowest BCUT2D eigenvalue weighted by Crippen LogP contribution is -2.52. The Hall–Kier alpha value is -2.20. The zero-order chi connectivity index (χ0) is 16.5. The summed E-state index contributed by atoms with van der Waals surface area (Å²) in [6, 6.07) is 10.6. The number of fused-ring (bicyclic) bond motifs is 1. The van der Waals surface area contributed by atoms with Gasteiger partial charge in [0, 0.05) is 43.6 Å². The molecule has 2 aliphatic rings. The van der Waals surface area contributed by atoms with E-state index < -0.39 is 0 Å². The first-order valence-corrected chi connectivity index (χ1v) is 8.77. The Morgan fingerprint density at radius 1 is 1.12 bits per heavy atom. The molecule has 2 aromatic rings. The third-order valence-corrected chi connectivity index (χ3v) is 5.34. The molecule has 0 spiro atoms. The molecular weight excluding hydrogens is 298 g/mol. The lowest BCUT2D eigenvalue weighted by Gasteiger charge is -2.37. The van der Waals surface area contributed by atoms with E-state index in [0.717, 1.165) is 36.3 Å². The average molecular weight is 321 g/mol. The fourth-order valence-corrected chi connectivity index (χ4v) is 3.95. The minimum atomic E-state index is 0.166. The number of rotatable bonds is 2. The van der Waals surface area contributed by atoms with E-state index in [1.54, 1.807) is 0 Å². The number of benzene rings is 1. The highest BCUT2D eigenvalue weighted by Crippen LogP contribution is 2.25. The van der Waals surface area contributed by atoms with Crippen LogP contribution in [-0.4, -0.2) is 52.9 Å². The number of pyridine rings is 1. The van der Waals surface area contributed by atoms with E-state index in [1.165, 1.54) is 24.9 Å². The third kappa shape index (κ3) is 2.82. The Kier molecular flexibility index (Phi) is 4.07. The average Bonchev–Trinajstić information content (AvgIpc) is 3.09. The van der Waals surface area contributed by atoms with E-state index >= 15 is 0 Å². The van der Waals surface area contributed by atoms with Gasteiger partial charge < -0.3 is 4.90 Å². The molecule has 0 bridgehead atoms. The summed E-state index contributed by atoms with van der Waals surface area (Å²) >= 11 is 0. The Balaban J connectivity index is 1.50. The van der Waals surface area contributed by atoms with Crippen LogP contribution in [0.3, 0.4) is 0 Å². The molecule has 2 saturated heterocycles. The van der Waals surface area contributed by atoms with Gasteiger partial charge in [-0.15, -0.1) is 0 Å². The highest BCUT2D eigenvalue weighted by atomic mass is 16.2. The predicted octanol–water partition coefficient (Wildman–Crippen LogP) is 2.98. The molecule has 24 heavy (non-hydrogen) atoms. The van der Waals surface area contributed by atoms with Crippen molar-refractivity contribution < 1.29 is 4.79 Å². The van der Waals surface area contributed by atoms with E-state index in [0.29, 0.717) is 6.04 Å². The van der Waals surface area contributed by atoms with Crippen molar-refractivity contribution in [3.8, 4) is 11.1 Å². The number of piperazine rings is 1. The van der Waals surface area contributed by atoms with Crippen molar-refractivity contribution in [1.29, 1.82) is 0 Å². The van der Waals surface area contributed by atoms with Gasteiger partial charge in [-0.25, -0.2) is 0 Å². The van der Waals surface area contributed by atoms with Crippen LogP contribution < -0.4 is 0 Å². The lowest BCUT2D eigenvalue weighted by molar-refractivity contribution is 0.0571. The van der Waals surface area contributed by atoms with Gasteiger partial charge in [-0.1, -0.05) is 12.1 Å². The molecule has 4 nitrogen and oxygen atoms in total. The molecule has 0 unspecified atom stereocenters. The zero-order valence-electron chi connectivity index (χ0n) is 14.1. The molecular formula is C20H23N3O. The topological polar surface area (TPSA) is 36.4 Å². The minimum Gasteiger partial charge on any atom is -0.336 e. The lowest BCUT2D eigenvalue weighted by atomic mass is 10.0. The van der Waals surface area contributed by atoms with Crippen molar-refractivity contribution in [2.75, 3.05) is 26.2 Å². The summed E-state index contributed by atoms with van der Waals surface area (Å²) in [6.45, 7) is 6.00. The van der Waals surface area contributed by atoms with Crippen LogP contribution in [-0.2, 0) is 0 Å². The fourth-order valence-electron chi connectivity index (χ4n) is 3.95. The quantitative estimate of drug-likeness (QED) is 0.853. The molecule has 1 atom stereocenters. The maximum Gasteiger partial charge on any atom is 0.253 e. The molecule has 2 aliphatic heterocycles. The Labute approximate surface area is 143 Å². The van der Waals surface area contributed by atoms with Gasteiger partial charge in [-0.3, -0.25) is 14.7 Å². The van der Waals surface area contributed by atoms with Gasteiger partial charge in [-0.05, 0) is 61.2 Å². The second-order valence-electron chi connectivity index (χ2n) is 6.85. The first-order valence-electron chi connectivity index (χ1n) is 8.77. The van der Waals surface area contributed by atoms with Crippen molar-refractivity contribution in [2.45, 2.75) is 25.8 Å². The minimum absolute atomic E-state index is 0.166. The third-order valence-electron chi connectivity index (χ3n) is 5.34. The van der Waals surface area contributed by atoms with Crippen molar-refractivity contribution in [2.24, 2.45) is 0 Å². The highest BCUT2D eigenvalue weighted by Gasteiger charge is 2.32. The first-order chi connectivity index (χ1) is 11.7. The predicted molar refractivity (Wildman–Crippen MR) is 94.9 cm³/mol. The maximum absolute atomic E-state index is 12.8. The smallest absolute Gasteiger partial charge is 0.253 e. The van der Waals surface area contributed by atoms with E-state index in [-0.39, 0.29) is 5.91 Å². The second-order valence-corrected chi connectivity index (χ2v) is 6.85. The van der Waals surface area contributed by atoms with Gasteiger partial charge in [0.15, 0.2) is 0 Å². The summed E-state index contributed by atoms with van der Waals surface area (Å²) in [4.78, 5) is 21.5. The van der Waals surface area contributed by atoms with Gasteiger partial charge in [0.2, 0.25) is 0 Å². The number of nitrogens with zero attached hydrogens (tertiary/aromatic N) is 3. The molecule has 4 heteroatoms. The van der Waals surface area contributed by atoms with E-state index in [2.05, 4.69) is 16.8 Å². The van der Waals surface area contributed by atoms with Gasteiger partial charge >= 0.3 is 0 Å². The molecule has 0 radical (unpaired) electrons. The van der Waals surface area contributed by atoms with Crippen LogP contribution in [0, 0.1) is 6.92 Å². The van der Waals surface area contributed by atoms with Gasteiger partial charge in [0.25, 0.3) is 5.91 Å². The van der Waals surface area contributed by atoms with Gasteiger partial charge in [0.05, 0.1) is 0 Å². The Bertz CT molecular complexity index is 741. The molecule has 0 N–H and O–H groups in total. The van der Waals surface area contributed by atoms with Crippen LogP contribution in [0.4, 0.5) is 0 Å². The molecule has 1 aromatic heterocycles. The molecule has 0 aliphatic carbocycles. The fraction of sp³-hybridized carbons (Fsp3) is 0.400. The summed E-state index contributed by atoms with van der Waals surface area (Å²) in [5.41, 5.74) is 4.24. The SMILES string of the molecule is Cc1cnccc1-c1ccc(C(=O)N2CCN3CCC[C@@H]3C2)cc1. The van der Waals surface area contributed by atoms with Crippen LogP contribution in [0.1, 0.15) is 28.8 Å². The molecule has 2 fully saturated rings. The monoisotopic (exact) mass is 321 g/mol. The van der Waals surface area contributed by atoms with Crippen LogP contribution in [0.15, 0.2) is 42.7 Å². The molecule has 0 saturated carbocycles. The number of hydrogen-bond acceptors (Lipinski definition) is 3. The standard InChI is InChI=1S/C20H23N3O/c1-15-13-21-9-8-19(15)16-4-6-17(7-5-16)20(24)23-12-11-22-10-2-3-18(22)14-23/h4-9,13,18H,2-3,10-12,14H2,1H3/t18-/m1/s1. The summed E-state index contributed by atoms with van der Waals surface area (Å²) in [6.07, 6.45) is 6.18. The number of aromatic nitrogens is 1. The molecule has 1 aromatic carbocycles. The Morgan fingerprint density at radius 2 is 1.96 bits per heavy atom. The maximum atomic E-state index is 12.8. The second kappa shape index (κ2) is 6.36. The number of hydrogen-bond donors (Lipinski definition) is 0. The van der Waals surface area contributed by atoms with Crippen molar-refractivity contribution in [1.82, 2.24) is 14.8 Å². The van der Waals surface area contributed by atoms with Crippen LogP contribution in [0.5, 0.6) is 0 Å². The molecule has 1 amide bonds. The summed E-state index contributed by atoms with van der Waals surface area (Å²) in [5, 5.41) is 0. The molecule has 124 valence electrons. The first kappa shape index (κ1) is 15.3. The molecule has 3 heterocycles. The van der Waals surface area contributed by atoms with E-state index in [4.69, 9.17) is 0 Å². The number of carbonyl (C=O) groups is 1. The number of aryl methyl sites for hydroxylation is 1. The zero-order valence-corrected chi connectivity index (χ0v) is 14.1. The summed E-state index contributed by atoms with van der Waals surface area (Å²) in [7, 11) is 0. The van der Waals surface area contributed by atoms with Gasteiger partial charge in [0.1, 0.15) is 0 Å². The van der Waals surface area contributed by atoms with Crippen molar-refractivity contribution in [3.63, 3.8) is 0 Å². The Morgan fingerprint density at radius 3 is 2.75 bits per heavy atom. The van der Waals surface area contributed by atoms with E-state index in [9.17, 15) is 4.79 Å². The molecule has 4 rings (SSSR count). The number of carbonyl (C=O) groups excluding carboxylic acids is 1. The number of amides is 1. The highest BCUT2D eigenvalue weighted by molar-refractivity contribution is 5.94. The van der Waals surface area contributed by atoms with Crippen LogP contribution >= 0.6 is 0 Å².